The molecule has 1 aromatic heterocycles. The van der Waals surface area contributed by atoms with Gasteiger partial charge in [0.1, 0.15) is 11.2 Å². The molecule has 2 nitrogen and oxygen atoms in total. The van der Waals surface area contributed by atoms with E-state index >= 15 is 0 Å². The lowest BCUT2D eigenvalue weighted by Gasteiger charge is -2.28. The highest BCUT2D eigenvalue weighted by Crippen LogP contribution is 2.45. The minimum atomic E-state index is 0.897. The Morgan fingerprint density at radius 2 is 0.979 bits per heavy atom. The highest BCUT2D eigenvalue weighted by Gasteiger charge is 2.21. The zero-order valence-corrected chi connectivity index (χ0v) is 26.3. The lowest BCUT2D eigenvalue weighted by Crippen LogP contribution is -2.11. The van der Waals surface area contributed by atoms with Crippen molar-refractivity contribution in [3.63, 3.8) is 0 Å². The van der Waals surface area contributed by atoms with Gasteiger partial charge in [-0.3, -0.25) is 0 Å². The van der Waals surface area contributed by atoms with Gasteiger partial charge in [-0.1, -0.05) is 152 Å². The molecule has 0 aliphatic heterocycles. The van der Waals surface area contributed by atoms with Crippen LogP contribution in [0.1, 0.15) is 0 Å². The molecule has 0 aliphatic carbocycles. The normalized spacial score (nSPS) is 11.3. The molecule has 0 spiro atoms. The molecule has 9 aromatic rings. The largest absolute Gasteiger partial charge is 0.455 e. The molecule has 1 heterocycles. The van der Waals surface area contributed by atoms with Gasteiger partial charge in [0.2, 0.25) is 0 Å². The SMILES string of the molecule is c1ccc(-c2cccc(N(c3ccc(-c4cccc5ccccc45)cc3)c3ccccc3-c3cccc4c3oc3ccccc34)c2)cc1. The van der Waals surface area contributed by atoms with E-state index in [-0.39, 0.29) is 0 Å². The number of nitrogens with zero attached hydrogens (tertiary/aromatic N) is 1. The molecule has 226 valence electrons. The van der Waals surface area contributed by atoms with Crippen LogP contribution in [0.3, 0.4) is 0 Å². The van der Waals surface area contributed by atoms with Gasteiger partial charge in [0, 0.05) is 33.3 Å². The van der Waals surface area contributed by atoms with Gasteiger partial charge in [-0.2, -0.15) is 0 Å². The summed E-state index contributed by atoms with van der Waals surface area (Å²) >= 11 is 0. The number of rotatable bonds is 6. The molecule has 9 rings (SSSR count). The molecule has 0 amide bonds. The van der Waals surface area contributed by atoms with Gasteiger partial charge in [-0.25, -0.2) is 0 Å². The number of benzene rings is 8. The summed E-state index contributed by atoms with van der Waals surface area (Å²) in [4.78, 5) is 2.37. The second-order valence-corrected chi connectivity index (χ2v) is 12.1. The Bertz CT molecular complexity index is 2560. The Morgan fingerprint density at radius 3 is 1.88 bits per heavy atom. The van der Waals surface area contributed by atoms with Crippen LogP contribution in [0, 0.1) is 0 Å². The van der Waals surface area contributed by atoms with Crippen LogP contribution < -0.4 is 4.90 Å². The first-order chi connectivity index (χ1) is 23.8. The second-order valence-electron chi connectivity index (χ2n) is 12.1. The first kappa shape index (κ1) is 27.9. The molecule has 0 saturated heterocycles. The number of anilines is 3. The molecular weight excluding hydrogens is 583 g/mol. The fraction of sp³-hybridized carbons (Fsp3) is 0. The van der Waals surface area contributed by atoms with Gasteiger partial charge in [-0.15, -0.1) is 0 Å². The van der Waals surface area contributed by atoms with Crippen LogP contribution >= 0.6 is 0 Å². The van der Waals surface area contributed by atoms with E-state index in [0.29, 0.717) is 0 Å². The highest BCUT2D eigenvalue weighted by atomic mass is 16.3. The smallest absolute Gasteiger partial charge is 0.143 e. The van der Waals surface area contributed by atoms with Gasteiger partial charge in [0.25, 0.3) is 0 Å². The fourth-order valence-electron chi connectivity index (χ4n) is 7.01. The Labute approximate surface area is 279 Å². The first-order valence-electron chi connectivity index (χ1n) is 16.4. The van der Waals surface area contributed by atoms with Crippen LogP contribution in [0.25, 0.3) is 66.1 Å². The summed E-state index contributed by atoms with van der Waals surface area (Å²) in [6.45, 7) is 0. The minimum absolute atomic E-state index is 0.897. The predicted molar refractivity (Wildman–Crippen MR) is 202 cm³/mol. The summed E-state index contributed by atoms with van der Waals surface area (Å²) in [5, 5.41) is 4.75. The molecule has 0 radical (unpaired) electrons. The van der Waals surface area contributed by atoms with E-state index in [1.54, 1.807) is 0 Å². The molecule has 0 fully saturated rings. The first-order valence-corrected chi connectivity index (χ1v) is 16.4. The zero-order valence-electron chi connectivity index (χ0n) is 26.3. The Hall–Kier alpha value is -6.38. The Kier molecular flexibility index (Phi) is 6.84. The average Bonchev–Trinajstić information content (AvgIpc) is 3.55. The molecule has 2 heteroatoms. The van der Waals surface area contributed by atoms with Crippen molar-refractivity contribution in [2.45, 2.75) is 0 Å². The van der Waals surface area contributed by atoms with Gasteiger partial charge < -0.3 is 9.32 Å². The summed E-state index contributed by atoms with van der Waals surface area (Å²) in [6.07, 6.45) is 0. The second kappa shape index (κ2) is 11.8. The molecule has 0 unspecified atom stereocenters. The summed E-state index contributed by atoms with van der Waals surface area (Å²) in [6, 6.07) is 66.9. The summed E-state index contributed by atoms with van der Waals surface area (Å²) in [5.41, 5.74) is 12.0. The lowest BCUT2D eigenvalue weighted by atomic mass is 9.97. The number of hydrogen-bond acceptors (Lipinski definition) is 2. The third-order valence-electron chi connectivity index (χ3n) is 9.28. The van der Waals surface area contributed by atoms with Crippen molar-refractivity contribution in [2.24, 2.45) is 0 Å². The van der Waals surface area contributed by atoms with E-state index in [2.05, 4.69) is 181 Å². The maximum atomic E-state index is 6.54. The maximum absolute atomic E-state index is 6.54. The van der Waals surface area contributed by atoms with Crippen molar-refractivity contribution in [1.29, 1.82) is 0 Å². The third-order valence-corrected chi connectivity index (χ3v) is 9.28. The molecule has 0 N–H and O–H groups in total. The fourth-order valence-corrected chi connectivity index (χ4v) is 7.01. The van der Waals surface area contributed by atoms with Gasteiger partial charge >= 0.3 is 0 Å². The highest BCUT2D eigenvalue weighted by molar-refractivity contribution is 6.11. The molecule has 0 bridgehead atoms. The summed E-state index contributed by atoms with van der Waals surface area (Å²) in [5.74, 6) is 0. The van der Waals surface area contributed by atoms with E-state index in [1.165, 1.54) is 33.0 Å². The average molecular weight is 614 g/mol. The minimum Gasteiger partial charge on any atom is -0.455 e. The Morgan fingerprint density at radius 1 is 0.354 bits per heavy atom. The quantitative estimate of drug-likeness (QED) is 0.185. The molecule has 8 aromatic carbocycles. The van der Waals surface area contributed by atoms with Crippen molar-refractivity contribution in [1.82, 2.24) is 0 Å². The predicted octanol–water partition coefficient (Wildman–Crippen LogP) is 13.2. The molecular formula is C46H31NO. The number of hydrogen-bond donors (Lipinski definition) is 0. The number of furan rings is 1. The topological polar surface area (TPSA) is 16.4 Å². The van der Waals surface area contributed by atoms with E-state index < -0.39 is 0 Å². The molecule has 0 atom stereocenters. The van der Waals surface area contributed by atoms with E-state index in [1.807, 2.05) is 12.1 Å². The molecule has 0 saturated carbocycles. The van der Waals surface area contributed by atoms with Crippen molar-refractivity contribution >= 4 is 49.8 Å². The van der Waals surface area contributed by atoms with Gasteiger partial charge in [0.15, 0.2) is 0 Å². The standard InChI is InChI=1S/C46H31NO/c1-2-13-32(14-3-1)35-17-10-18-37(31-35)47(36-29-27-34(28-30-36)39-22-11-16-33-15-4-5-19-38(33)39)44-25-8-6-20-40(44)42-23-12-24-43-41-21-7-9-26-45(41)48-46(42)43/h1-31H. The van der Waals surface area contributed by atoms with E-state index in [9.17, 15) is 0 Å². The molecule has 0 aliphatic rings. The zero-order chi connectivity index (χ0) is 31.9. The molecule has 48 heavy (non-hydrogen) atoms. The van der Waals surface area contributed by atoms with Crippen molar-refractivity contribution in [3.05, 3.63) is 188 Å². The lowest BCUT2D eigenvalue weighted by molar-refractivity contribution is 0.670. The van der Waals surface area contributed by atoms with Crippen LogP contribution in [-0.4, -0.2) is 0 Å². The van der Waals surface area contributed by atoms with Crippen LogP contribution in [0.4, 0.5) is 17.1 Å². The van der Waals surface area contributed by atoms with E-state index in [4.69, 9.17) is 4.42 Å². The van der Waals surface area contributed by atoms with Crippen molar-refractivity contribution in [2.75, 3.05) is 4.90 Å². The van der Waals surface area contributed by atoms with E-state index in [0.717, 1.165) is 50.1 Å². The van der Waals surface area contributed by atoms with Crippen molar-refractivity contribution in [3.8, 4) is 33.4 Å². The van der Waals surface area contributed by atoms with Crippen LogP contribution in [-0.2, 0) is 0 Å². The van der Waals surface area contributed by atoms with Gasteiger partial charge in [-0.05, 0) is 69.4 Å². The summed E-state index contributed by atoms with van der Waals surface area (Å²) < 4.78 is 6.54. The number of para-hydroxylation sites is 3. The maximum Gasteiger partial charge on any atom is 0.143 e. The number of fused-ring (bicyclic) bond motifs is 4. The Balaban J connectivity index is 1.24. The van der Waals surface area contributed by atoms with Crippen LogP contribution in [0.5, 0.6) is 0 Å². The van der Waals surface area contributed by atoms with Gasteiger partial charge in [0.05, 0.1) is 5.69 Å². The monoisotopic (exact) mass is 613 g/mol. The van der Waals surface area contributed by atoms with Crippen molar-refractivity contribution < 1.29 is 4.42 Å². The van der Waals surface area contributed by atoms with Crippen LogP contribution in [0.2, 0.25) is 0 Å². The summed E-state index contributed by atoms with van der Waals surface area (Å²) in [7, 11) is 0. The third kappa shape index (κ3) is 4.83. The van der Waals surface area contributed by atoms with Crippen LogP contribution in [0.15, 0.2) is 192 Å².